The first kappa shape index (κ1) is 17.7. The molecule has 1 amide bonds. The van der Waals surface area contributed by atoms with Gasteiger partial charge in [0.25, 0.3) is 5.91 Å². The second-order valence-electron chi connectivity index (χ2n) is 6.09. The average molecular weight is 350 g/mol. The topological polar surface area (TPSA) is 62.4 Å². The van der Waals surface area contributed by atoms with Gasteiger partial charge in [0.15, 0.2) is 6.10 Å². The van der Waals surface area contributed by atoms with E-state index in [1.54, 1.807) is 18.0 Å². The standard InChI is InChI=1S/C21H22N2O3/c1-3-23(17-9-5-4-6-10-17)21(25)15(2)26-20(24)13-16-14-22-19-12-8-7-11-18(16)19/h4-12,14-15,22H,3,13H2,1-2H3/t15-/m1/s1. The number of carbonyl (C=O) groups is 2. The van der Waals surface area contributed by atoms with Crippen molar-refractivity contribution in [1.82, 2.24) is 4.98 Å². The second kappa shape index (κ2) is 7.87. The van der Waals surface area contributed by atoms with Crippen LogP contribution >= 0.6 is 0 Å². The number of rotatable bonds is 6. The molecule has 26 heavy (non-hydrogen) atoms. The van der Waals surface area contributed by atoms with Gasteiger partial charge >= 0.3 is 5.97 Å². The van der Waals surface area contributed by atoms with Crippen LogP contribution in [0.3, 0.4) is 0 Å². The maximum atomic E-state index is 12.7. The van der Waals surface area contributed by atoms with E-state index in [-0.39, 0.29) is 12.3 Å². The first-order valence-corrected chi connectivity index (χ1v) is 8.71. The Labute approximate surface area is 152 Å². The van der Waals surface area contributed by atoms with Crippen molar-refractivity contribution >= 4 is 28.5 Å². The normalized spacial score (nSPS) is 11.9. The Hall–Kier alpha value is -3.08. The number of benzene rings is 2. The van der Waals surface area contributed by atoms with E-state index in [2.05, 4.69) is 4.98 Å². The molecule has 0 saturated heterocycles. The first-order valence-electron chi connectivity index (χ1n) is 8.71. The summed E-state index contributed by atoms with van der Waals surface area (Å²) in [5, 5.41) is 0.989. The molecule has 0 radical (unpaired) electrons. The fourth-order valence-electron chi connectivity index (χ4n) is 3.02. The SMILES string of the molecule is CCN(C(=O)[C@@H](C)OC(=O)Cc1c[nH]c2ccccc12)c1ccccc1. The van der Waals surface area contributed by atoms with Crippen LogP contribution in [0.4, 0.5) is 5.69 Å². The quantitative estimate of drug-likeness (QED) is 0.690. The summed E-state index contributed by atoms with van der Waals surface area (Å²) in [6, 6.07) is 17.1. The van der Waals surface area contributed by atoms with E-state index in [0.717, 1.165) is 22.2 Å². The summed E-state index contributed by atoms with van der Waals surface area (Å²) in [7, 11) is 0. The number of fused-ring (bicyclic) bond motifs is 1. The van der Waals surface area contributed by atoms with Gasteiger partial charge in [-0.2, -0.15) is 0 Å². The third-order valence-electron chi connectivity index (χ3n) is 4.32. The van der Waals surface area contributed by atoms with E-state index in [1.165, 1.54) is 0 Å². The molecule has 2 aromatic carbocycles. The molecule has 0 saturated carbocycles. The van der Waals surface area contributed by atoms with Crippen molar-refractivity contribution in [2.24, 2.45) is 0 Å². The molecule has 1 heterocycles. The number of nitrogens with zero attached hydrogens (tertiary/aromatic N) is 1. The van der Waals surface area contributed by atoms with Gasteiger partial charge in [-0.3, -0.25) is 9.59 Å². The number of anilines is 1. The molecular formula is C21H22N2O3. The fourth-order valence-corrected chi connectivity index (χ4v) is 3.02. The number of H-pyrrole nitrogens is 1. The Balaban J connectivity index is 1.65. The number of esters is 1. The van der Waals surface area contributed by atoms with Crippen LogP contribution in [-0.2, 0) is 20.7 Å². The van der Waals surface area contributed by atoms with Crippen molar-refractivity contribution in [3.63, 3.8) is 0 Å². The van der Waals surface area contributed by atoms with E-state index in [4.69, 9.17) is 4.74 Å². The lowest BCUT2D eigenvalue weighted by Crippen LogP contribution is -2.40. The van der Waals surface area contributed by atoms with Crippen LogP contribution in [0.2, 0.25) is 0 Å². The van der Waals surface area contributed by atoms with Gasteiger partial charge in [-0.05, 0) is 37.6 Å². The molecule has 3 rings (SSSR count). The molecule has 134 valence electrons. The van der Waals surface area contributed by atoms with Gasteiger partial charge in [-0.1, -0.05) is 36.4 Å². The number of aromatic amines is 1. The van der Waals surface area contributed by atoms with Crippen LogP contribution in [0, 0.1) is 0 Å². The smallest absolute Gasteiger partial charge is 0.311 e. The maximum Gasteiger partial charge on any atom is 0.311 e. The van der Waals surface area contributed by atoms with Gasteiger partial charge in [-0.25, -0.2) is 0 Å². The van der Waals surface area contributed by atoms with Crippen molar-refractivity contribution in [3.05, 3.63) is 66.4 Å². The van der Waals surface area contributed by atoms with E-state index in [0.29, 0.717) is 6.54 Å². The van der Waals surface area contributed by atoms with Gasteiger partial charge in [0.1, 0.15) is 0 Å². The Morgan fingerprint density at radius 1 is 1.08 bits per heavy atom. The second-order valence-corrected chi connectivity index (χ2v) is 6.09. The third kappa shape index (κ3) is 3.77. The lowest BCUT2D eigenvalue weighted by atomic mass is 10.1. The molecule has 0 fully saturated rings. The number of nitrogens with one attached hydrogen (secondary N) is 1. The molecule has 1 N–H and O–H groups in total. The van der Waals surface area contributed by atoms with Gasteiger partial charge in [0.2, 0.25) is 0 Å². The Kier molecular flexibility index (Phi) is 5.37. The number of hydrogen-bond donors (Lipinski definition) is 1. The van der Waals surface area contributed by atoms with Crippen LogP contribution in [0.5, 0.6) is 0 Å². The van der Waals surface area contributed by atoms with Crippen LogP contribution in [-0.4, -0.2) is 29.5 Å². The minimum absolute atomic E-state index is 0.124. The minimum Gasteiger partial charge on any atom is -0.452 e. The summed E-state index contributed by atoms with van der Waals surface area (Å²) in [5.41, 5.74) is 2.63. The highest BCUT2D eigenvalue weighted by molar-refractivity contribution is 5.97. The molecule has 5 heteroatoms. The molecule has 3 aromatic rings. The van der Waals surface area contributed by atoms with E-state index < -0.39 is 12.1 Å². The molecule has 1 aromatic heterocycles. The fraction of sp³-hybridized carbons (Fsp3) is 0.238. The first-order chi connectivity index (χ1) is 12.6. The summed E-state index contributed by atoms with van der Waals surface area (Å²) in [6.07, 6.45) is 1.09. The summed E-state index contributed by atoms with van der Waals surface area (Å²) in [4.78, 5) is 29.7. The summed E-state index contributed by atoms with van der Waals surface area (Å²) < 4.78 is 5.39. The third-order valence-corrected chi connectivity index (χ3v) is 4.32. The number of ether oxygens (including phenoxy) is 1. The van der Waals surface area contributed by atoms with E-state index in [1.807, 2.05) is 61.5 Å². The highest BCUT2D eigenvalue weighted by Gasteiger charge is 2.24. The predicted octanol–water partition coefficient (Wildman–Crippen LogP) is 3.70. The molecule has 1 atom stereocenters. The van der Waals surface area contributed by atoms with Gasteiger partial charge in [0, 0.05) is 29.3 Å². The van der Waals surface area contributed by atoms with Crippen molar-refractivity contribution in [1.29, 1.82) is 0 Å². The Morgan fingerprint density at radius 3 is 2.50 bits per heavy atom. The number of aromatic nitrogens is 1. The maximum absolute atomic E-state index is 12.7. The number of hydrogen-bond acceptors (Lipinski definition) is 3. The highest BCUT2D eigenvalue weighted by atomic mass is 16.5. The molecule has 0 aliphatic rings. The van der Waals surface area contributed by atoms with E-state index in [9.17, 15) is 9.59 Å². The zero-order chi connectivity index (χ0) is 18.5. The highest BCUT2D eigenvalue weighted by Crippen LogP contribution is 2.19. The van der Waals surface area contributed by atoms with Crippen molar-refractivity contribution in [2.45, 2.75) is 26.4 Å². The largest absolute Gasteiger partial charge is 0.452 e. The number of likely N-dealkylation sites (N-methyl/N-ethyl adjacent to an activating group) is 1. The van der Waals surface area contributed by atoms with E-state index >= 15 is 0 Å². The van der Waals surface area contributed by atoms with Crippen molar-refractivity contribution < 1.29 is 14.3 Å². The zero-order valence-corrected chi connectivity index (χ0v) is 14.9. The number of carbonyl (C=O) groups excluding carboxylic acids is 2. The van der Waals surface area contributed by atoms with Crippen LogP contribution < -0.4 is 4.90 Å². The van der Waals surface area contributed by atoms with Gasteiger partial charge in [-0.15, -0.1) is 0 Å². The molecule has 0 spiro atoms. The summed E-state index contributed by atoms with van der Waals surface area (Å²) in [6.45, 7) is 4.01. The number of amides is 1. The monoisotopic (exact) mass is 350 g/mol. The molecule has 0 aliphatic carbocycles. The lowest BCUT2D eigenvalue weighted by molar-refractivity contribution is -0.153. The van der Waals surface area contributed by atoms with Crippen molar-refractivity contribution in [3.8, 4) is 0 Å². The minimum atomic E-state index is -0.840. The van der Waals surface area contributed by atoms with Gasteiger partial charge < -0.3 is 14.6 Å². The Bertz CT molecular complexity index is 902. The molecule has 0 aliphatic heterocycles. The Morgan fingerprint density at radius 2 is 1.77 bits per heavy atom. The molecule has 0 unspecified atom stereocenters. The summed E-state index contributed by atoms with van der Waals surface area (Å²) in [5.74, 6) is -0.648. The molecule has 5 nitrogen and oxygen atoms in total. The summed E-state index contributed by atoms with van der Waals surface area (Å²) >= 11 is 0. The average Bonchev–Trinajstić information content (AvgIpc) is 3.06. The predicted molar refractivity (Wildman–Crippen MR) is 102 cm³/mol. The lowest BCUT2D eigenvalue weighted by Gasteiger charge is -2.24. The van der Waals surface area contributed by atoms with Crippen LogP contribution in [0.25, 0.3) is 10.9 Å². The molecule has 0 bridgehead atoms. The number of para-hydroxylation sites is 2. The van der Waals surface area contributed by atoms with Crippen LogP contribution in [0.1, 0.15) is 19.4 Å². The van der Waals surface area contributed by atoms with Crippen LogP contribution in [0.15, 0.2) is 60.8 Å². The molecular weight excluding hydrogens is 328 g/mol. The van der Waals surface area contributed by atoms with Crippen molar-refractivity contribution in [2.75, 3.05) is 11.4 Å². The van der Waals surface area contributed by atoms with Gasteiger partial charge in [0.05, 0.1) is 6.42 Å². The zero-order valence-electron chi connectivity index (χ0n) is 14.9.